The molecule has 2 N–H and O–H groups in total. The van der Waals surface area contributed by atoms with Gasteiger partial charge < -0.3 is 10.6 Å². The monoisotopic (exact) mass is 252 g/mol. The van der Waals surface area contributed by atoms with Crippen LogP contribution in [0, 0.1) is 5.92 Å². The first-order valence-corrected chi connectivity index (χ1v) is 6.57. The summed E-state index contributed by atoms with van der Waals surface area (Å²) < 4.78 is 1.89. The van der Waals surface area contributed by atoms with E-state index in [9.17, 15) is 4.79 Å². The van der Waals surface area contributed by atoms with Crippen molar-refractivity contribution in [2.24, 2.45) is 5.92 Å². The Labute approximate surface area is 109 Å². The van der Waals surface area contributed by atoms with Crippen LogP contribution in [0.1, 0.15) is 27.2 Å². The highest BCUT2D eigenvalue weighted by Gasteiger charge is 2.09. The van der Waals surface area contributed by atoms with Gasteiger partial charge in [0.1, 0.15) is 0 Å². The SMILES string of the molecule is CC(C)C(C)NC(=O)CNCCCn1cccn1. The van der Waals surface area contributed by atoms with Crippen LogP contribution in [0.15, 0.2) is 18.5 Å². The molecule has 1 rings (SSSR count). The van der Waals surface area contributed by atoms with Gasteiger partial charge >= 0.3 is 0 Å². The van der Waals surface area contributed by atoms with Gasteiger partial charge in [-0.2, -0.15) is 5.10 Å². The zero-order valence-corrected chi connectivity index (χ0v) is 11.5. The topological polar surface area (TPSA) is 59.0 Å². The average molecular weight is 252 g/mol. The number of amides is 1. The lowest BCUT2D eigenvalue weighted by Crippen LogP contribution is -2.41. The molecule has 0 fully saturated rings. The molecule has 0 radical (unpaired) electrons. The van der Waals surface area contributed by atoms with Crippen molar-refractivity contribution in [3.63, 3.8) is 0 Å². The number of nitrogens with zero attached hydrogens (tertiary/aromatic N) is 2. The zero-order valence-electron chi connectivity index (χ0n) is 11.5. The molecule has 5 heteroatoms. The van der Waals surface area contributed by atoms with E-state index in [-0.39, 0.29) is 11.9 Å². The molecule has 1 unspecified atom stereocenters. The van der Waals surface area contributed by atoms with Crippen LogP contribution in [0.5, 0.6) is 0 Å². The van der Waals surface area contributed by atoms with Gasteiger partial charge in [0.2, 0.25) is 5.91 Å². The van der Waals surface area contributed by atoms with Crippen molar-refractivity contribution in [1.82, 2.24) is 20.4 Å². The Morgan fingerprint density at radius 3 is 2.78 bits per heavy atom. The molecule has 0 aliphatic carbocycles. The number of aryl methyl sites for hydroxylation is 1. The second-order valence-corrected chi connectivity index (χ2v) is 4.90. The number of carbonyl (C=O) groups is 1. The first kappa shape index (κ1) is 14.7. The molecular weight excluding hydrogens is 228 g/mol. The Hall–Kier alpha value is -1.36. The second-order valence-electron chi connectivity index (χ2n) is 4.90. The Balaban J connectivity index is 2.02. The number of aromatic nitrogens is 2. The van der Waals surface area contributed by atoms with Gasteiger partial charge in [-0.25, -0.2) is 0 Å². The minimum absolute atomic E-state index is 0.0651. The number of carbonyl (C=O) groups excluding carboxylic acids is 1. The van der Waals surface area contributed by atoms with Crippen molar-refractivity contribution in [3.8, 4) is 0 Å². The molecule has 0 saturated carbocycles. The van der Waals surface area contributed by atoms with Gasteiger partial charge in [0.15, 0.2) is 0 Å². The van der Waals surface area contributed by atoms with Gasteiger partial charge in [-0.1, -0.05) is 13.8 Å². The van der Waals surface area contributed by atoms with Gasteiger partial charge in [-0.3, -0.25) is 9.48 Å². The molecule has 1 aromatic rings. The molecule has 0 aliphatic heterocycles. The molecule has 0 bridgehead atoms. The predicted octanol–water partition coefficient (Wildman–Crippen LogP) is 1.02. The maximum atomic E-state index is 11.6. The third kappa shape index (κ3) is 5.82. The Morgan fingerprint density at radius 2 is 2.17 bits per heavy atom. The quantitative estimate of drug-likeness (QED) is 0.679. The summed E-state index contributed by atoms with van der Waals surface area (Å²) in [5, 5.41) is 10.2. The number of rotatable bonds is 8. The lowest BCUT2D eigenvalue weighted by Gasteiger charge is -2.17. The van der Waals surface area contributed by atoms with Crippen LogP contribution in [-0.4, -0.2) is 34.8 Å². The van der Waals surface area contributed by atoms with E-state index in [1.54, 1.807) is 6.20 Å². The van der Waals surface area contributed by atoms with Crippen LogP contribution < -0.4 is 10.6 Å². The molecule has 1 heterocycles. The maximum absolute atomic E-state index is 11.6. The number of hydrogen-bond donors (Lipinski definition) is 2. The molecule has 0 aromatic carbocycles. The fourth-order valence-electron chi connectivity index (χ4n) is 1.47. The molecule has 102 valence electrons. The van der Waals surface area contributed by atoms with Gasteiger partial charge in [-0.05, 0) is 31.9 Å². The van der Waals surface area contributed by atoms with E-state index < -0.39 is 0 Å². The van der Waals surface area contributed by atoms with Crippen molar-refractivity contribution in [3.05, 3.63) is 18.5 Å². The normalized spacial score (nSPS) is 12.7. The van der Waals surface area contributed by atoms with E-state index in [4.69, 9.17) is 0 Å². The number of nitrogens with one attached hydrogen (secondary N) is 2. The van der Waals surface area contributed by atoms with Crippen LogP contribution in [0.2, 0.25) is 0 Å². The summed E-state index contributed by atoms with van der Waals surface area (Å²) in [6, 6.07) is 2.14. The average Bonchev–Trinajstić information content (AvgIpc) is 2.81. The highest BCUT2D eigenvalue weighted by Crippen LogP contribution is 1.98. The predicted molar refractivity (Wildman–Crippen MR) is 72.2 cm³/mol. The third-order valence-electron chi connectivity index (χ3n) is 2.97. The van der Waals surface area contributed by atoms with Crippen LogP contribution in [-0.2, 0) is 11.3 Å². The first-order chi connectivity index (χ1) is 8.59. The van der Waals surface area contributed by atoms with Gasteiger partial charge in [-0.15, -0.1) is 0 Å². The van der Waals surface area contributed by atoms with Crippen molar-refractivity contribution >= 4 is 5.91 Å². The van der Waals surface area contributed by atoms with Crippen LogP contribution in [0.4, 0.5) is 0 Å². The van der Waals surface area contributed by atoms with Crippen molar-refractivity contribution in [1.29, 1.82) is 0 Å². The van der Waals surface area contributed by atoms with Crippen molar-refractivity contribution < 1.29 is 4.79 Å². The Bertz CT molecular complexity index is 335. The highest BCUT2D eigenvalue weighted by atomic mass is 16.1. The van der Waals surface area contributed by atoms with E-state index in [1.165, 1.54) is 0 Å². The molecule has 1 atom stereocenters. The Kier molecular flexibility index (Phi) is 6.43. The summed E-state index contributed by atoms with van der Waals surface area (Å²) >= 11 is 0. The summed E-state index contributed by atoms with van der Waals surface area (Å²) in [7, 11) is 0. The number of hydrogen-bond acceptors (Lipinski definition) is 3. The molecule has 1 amide bonds. The van der Waals surface area contributed by atoms with Crippen LogP contribution >= 0.6 is 0 Å². The van der Waals surface area contributed by atoms with E-state index in [2.05, 4.69) is 29.6 Å². The van der Waals surface area contributed by atoms with E-state index in [0.717, 1.165) is 19.5 Å². The minimum atomic E-state index is 0.0651. The largest absolute Gasteiger partial charge is 0.352 e. The van der Waals surface area contributed by atoms with Crippen LogP contribution in [0.25, 0.3) is 0 Å². The lowest BCUT2D eigenvalue weighted by molar-refractivity contribution is -0.121. The second kappa shape index (κ2) is 7.87. The summed E-state index contributed by atoms with van der Waals surface area (Å²) in [4.78, 5) is 11.6. The minimum Gasteiger partial charge on any atom is -0.352 e. The summed E-state index contributed by atoms with van der Waals surface area (Å²) in [5.41, 5.74) is 0. The maximum Gasteiger partial charge on any atom is 0.234 e. The fraction of sp³-hybridized carbons (Fsp3) is 0.692. The first-order valence-electron chi connectivity index (χ1n) is 6.57. The zero-order chi connectivity index (χ0) is 13.4. The van der Waals surface area contributed by atoms with Crippen molar-refractivity contribution in [2.45, 2.75) is 39.8 Å². The molecule has 5 nitrogen and oxygen atoms in total. The highest BCUT2D eigenvalue weighted by molar-refractivity contribution is 5.78. The van der Waals surface area contributed by atoms with Crippen molar-refractivity contribution in [2.75, 3.05) is 13.1 Å². The van der Waals surface area contributed by atoms with E-state index in [0.29, 0.717) is 12.5 Å². The van der Waals surface area contributed by atoms with Gasteiger partial charge in [0, 0.05) is 25.0 Å². The molecule has 0 saturated heterocycles. The molecule has 0 aliphatic rings. The fourth-order valence-corrected chi connectivity index (χ4v) is 1.47. The molecule has 18 heavy (non-hydrogen) atoms. The van der Waals surface area contributed by atoms with Gasteiger partial charge in [0.05, 0.1) is 6.54 Å². The van der Waals surface area contributed by atoms with Crippen LogP contribution in [0.3, 0.4) is 0 Å². The summed E-state index contributed by atoms with van der Waals surface area (Å²) in [6.07, 6.45) is 4.68. The molecule has 1 aromatic heterocycles. The standard InChI is InChI=1S/C13H24N4O/c1-11(2)12(3)16-13(18)10-14-6-4-8-17-9-5-7-15-17/h5,7,9,11-12,14H,4,6,8,10H2,1-3H3,(H,16,18). The van der Waals surface area contributed by atoms with E-state index >= 15 is 0 Å². The molecular formula is C13H24N4O. The van der Waals surface area contributed by atoms with E-state index in [1.807, 2.05) is 23.9 Å². The third-order valence-corrected chi connectivity index (χ3v) is 2.97. The smallest absolute Gasteiger partial charge is 0.234 e. The van der Waals surface area contributed by atoms with Gasteiger partial charge in [0.25, 0.3) is 0 Å². The summed E-state index contributed by atoms with van der Waals surface area (Å²) in [6.45, 7) is 8.31. The lowest BCUT2D eigenvalue weighted by atomic mass is 10.1. The Morgan fingerprint density at radius 1 is 1.39 bits per heavy atom. The summed E-state index contributed by atoms with van der Waals surface area (Å²) in [5.74, 6) is 0.532. The molecule has 0 spiro atoms.